The summed E-state index contributed by atoms with van der Waals surface area (Å²) in [5.74, 6) is 2.51. The lowest BCUT2D eigenvalue weighted by atomic mass is 9.48. The van der Waals surface area contributed by atoms with Crippen LogP contribution in [-0.4, -0.2) is 28.1 Å². The number of rotatable bonds is 4. The predicted octanol–water partition coefficient (Wildman–Crippen LogP) is 4.86. The van der Waals surface area contributed by atoms with Gasteiger partial charge in [0.05, 0.1) is 11.3 Å². The van der Waals surface area contributed by atoms with E-state index in [2.05, 4.69) is 22.3 Å². The maximum atomic E-state index is 12.8. The Hall–Kier alpha value is -2.34. The first kappa shape index (κ1) is 20.6. The van der Waals surface area contributed by atoms with Crippen molar-refractivity contribution in [2.75, 3.05) is 0 Å². The van der Waals surface area contributed by atoms with Gasteiger partial charge in [0.25, 0.3) is 5.56 Å². The number of carbonyl (C=O) groups is 1. The van der Waals surface area contributed by atoms with Gasteiger partial charge in [0.2, 0.25) is 0 Å². The molecule has 4 bridgehead atoms. The van der Waals surface area contributed by atoms with Gasteiger partial charge >= 0.3 is 6.03 Å². The molecule has 6 rings (SSSR count). The van der Waals surface area contributed by atoms with Gasteiger partial charge in [0, 0.05) is 23.0 Å². The average Bonchev–Trinajstić information content (AvgIpc) is 2.99. The number of halogens is 1. The highest BCUT2D eigenvalue weighted by atomic mass is 35.5. The first-order valence-corrected chi connectivity index (χ1v) is 11.6. The summed E-state index contributed by atoms with van der Waals surface area (Å²) < 4.78 is 1.43. The topological polar surface area (TPSA) is 79.2 Å². The van der Waals surface area contributed by atoms with Crippen LogP contribution in [0.15, 0.2) is 34.1 Å². The maximum Gasteiger partial charge on any atom is 0.341 e. The van der Waals surface area contributed by atoms with Crippen LogP contribution >= 0.6 is 11.6 Å². The number of urea groups is 1. The summed E-state index contributed by atoms with van der Waals surface area (Å²) in [6.07, 6.45) is 9.20. The number of hydrogen-bond acceptors (Lipinski definition) is 2. The van der Waals surface area contributed by atoms with Crippen LogP contribution in [-0.2, 0) is 0 Å². The van der Waals surface area contributed by atoms with Gasteiger partial charge in [0.15, 0.2) is 0 Å². The molecule has 1 unspecified atom stereocenters. The number of aromatic amines is 1. The van der Waals surface area contributed by atoms with Gasteiger partial charge in [-0.15, -0.1) is 0 Å². The molecule has 1 heterocycles. The van der Waals surface area contributed by atoms with E-state index >= 15 is 0 Å². The van der Waals surface area contributed by atoms with Gasteiger partial charge < -0.3 is 5.32 Å². The fourth-order valence-corrected chi connectivity index (χ4v) is 6.82. The third-order valence-electron chi connectivity index (χ3n) is 7.86. The van der Waals surface area contributed by atoms with Crippen LogP contribution in [0.25, 0.3) is 5.69 Å². The van der Waals surface area contributed by atoms with E-state index in [1.54, 1.807) is 31.2 Å². The predicted molar refractivity (Wildman–Crippen MR) is 122 cm³/mol. The molecule has 0 radical (unpaired) electrons. The van der Waals surface area contributed by atoms with Crippen molar-refractivity contribution in [1.29, 1.82) is 0 Å². The number of H-pyrrole nitrogens is 1. The number of aliphatic imine (C=N–C) groups is 1. The molecule has 0 spiro atoms. The standard InChI is InChI=1S/C24H29ClN4O2/c1-14-21(22(30)29(28-14)20-5-3-19(25)4-6-20)13-26-23(31)27-15(2)24-10-16-7-17(11-24)9-18(8-16)12-24/h3-6,13,15-18,28H,7-12H2,1-2H3,(H,27,31). The minimum atomic E-state index is -0.374. The lowest BCUT2D eigenvalue weighted by molar-refractivity contribution is -0.0680. The van der Waals surface area contributed by atoms with E-state index in [-0.39, 0.29) is 23.0 Å². The number of nitrogens with zero attached hydrogens (tertiary/aromatic N) is 2. The van der Waals surface area contributed by atoms with E-state index in [0.717, 1.165) is 17.8 Å². The van der Waals surface area contributed by atoms with Gasteiger partial charge in [-0.25, -0.2) is 14.5 Å². The minimum Gasteiger partial charge on any atom is -0.333 e. The molecule has 2 N–H and O–H groups in total. The van der Waals surface area contributed by atoms with E-state index in [9.17, 15) is 9.59 Å². The van der Waals surface area contributed by atoms with Crippen LogP contribution in [0.5, 0.6) is 0 Å². The molecule has 2 amide bonds. The van der Waals surface area contributed by atoms with Crippen LogP contribution in [0.2, 0.25) is 5.02 Å². The van der Waals surface area contributed by atoms with Gasteiger partial charge in [-0.2, -0.15) is 0 Å². The maximum absolute atomic E-state index is 12.8. The molecule has 4 fully saturated rings. The molecular weight excluding hydrogens is 412 g/mol. The Bertz CT molecular complexity index is 1050. The highest BCUT2D eigenvalue weighted by molar-refractivity contribution is 6.30. The number of amides is 2. The summed E-state index contributed by atoms with van der Waals surface area (Å²) in [6, 6.07) is 6.71. The number of hydrogen-bond donors (Lipinski definition) is 2. The molecule has 1 aromatic carbocycles. The normalized spacial score (nSPS) is 30.1. The molecule has 1 atom stereocenters. The Morgan fingerprint density at radius 2 is 1.77 bits per heavy atom. The molecule has 0 aliphatic heterocycles. The van der Waals surface area contributed by atoms with Gasteiger partial charge in [-0.3, -0.25) is 9.89 Å². The summed E-state index contributed by atoms with van der Waals surface area (Å²) in [5.41, 5.74) is 1.70. The van der Waals surface area contributed by atoms with Crippen molar-refractivity contribution in [3.8, 4) is 5.69 Å². The average molecular weight is 441 g/mol. The van der Waals surface area contributed by atoms with E-state index in [4.69, 9.17) is 11.6 Å². The van der Waals surface area contributed by atoms with E-state index in [0.29, 0.717) is 22.0 Å². The van der Waals surface area contributed by atoms with Crippen molar-refractivity contribution < 1.29 is 4.79 Å². The molecule has 4 aliphatic carbocycles. The number of nitrogens with one attached hydrogen (secondary N) is 2. The summed E-state index contributed by atoms with van der Waals surface area (Å²) in [5, 5.41) is 6.76. The molecule has 31 heavy (non-hydrogen) atoms. The van der Waals surface area contributed by atoms with Crippen LogP contribution in [0.1, 0.15) is 56.7 Å². The first-order valence-electron chi connectivity index (χ1n) is 11.2. The van der Waals surface area contributed by atoms with E-state index in [1.165, 1.54) is 49.4 Å². The van der Waals surface area contributed by atoms with Crippen LogP contribution in [0, 0.1) is 30.1 Å². The Labute approximate surface area is 187 Å². The molecular formula is C24H29ClN4O2. The summed E-state index contributed by atoms with van der Waals surface area (Å²) in [7, 11) is 0. The van der Waals surface area contributed by atoms with Crippen LogP contribution in [0.4, 0.5) is 4.79 Å². The summed E-state index contributed by atoms with van der Waals surface area (Å²) in [6.45, 7) is 3.93. The smallest absolute Gasteiger partial charge is 0.333 e. The van der Waals surface area contributed by atoms with Crippen molar-refractivity contribution in [3.05, 3.63) is 50.9 Å². The van der Waals surface area contributed by atoms with E-state index in [1.807, 2.05) is 0 Å². The molecule has 4 aliphatic rings. The van der Waals surface area contributed by atoms with Crippen molar-refractivity contribution in [1.82, 2.24) is 15.1 Å². The number of carbonyl (C=O) groups excluding carboxylic acids is 1. The lowest BCUT2D eigenvalue weighted by Gasteiger charge is -2.59. The van der Waals surface area contributed by atoms with Gasteiger partial charge in [-0.05, 0) is 99.8 Å². The SMILES string of the molecule is Cc1[nH]n(-c2ccc(Cl)cc2)c(=O)c1C=NC(=O)NC(C)C12CC3CC(CC(C3)C1)C2. The minimum absolute atomic E-state index is 0.101. The Balaban J connectivity index is 1.29. The first-order chi connectivity index (χ1) is 14.8. The second-order valence-electron chi connectivity index (χ2n) is 9.98. The van der Waals surface area contributed by atoms with Crippen LogP contribution in [0.3, 0.4) is 0 Å². The quantitative estimate of drug-likeness (QED) is 0.665. The fraction of sp³-hybridized carbons (Fsp3) is 0.542. The third-order valence-corrected chi connectivity index (χ3v) is 8.11. The number of aromatic nitrogens is 2. The van der Waals surface area contributed by atoms with Crippen molar-refractivity contribution in [3.63, 3.8) is 0 Å². The molecule has 7 heteroatoms. The Kier molecular flexibility index (Phi) is 5.08. The molecule has 4 saturated carbocycles. The zero-order valence-electron chi connectivity index (χ0n) is 18.0. The second-order valence-corrected chi connectivity index (χ2v) is 10.4. The monoisotopic (exact) mass is 440 g/mol. The van der Waals surface area contributed by atoms with Crippen molar-refractivity contribution in [2.24, 2.45) is 28.2 Å². The van der Waals surface area contributed by atoms with Crippen molar-refractivity contribution >= 4 is 23.8 Å². The number of benzene rings is 1. The summed E-state index contributed by atoms with van der Waals surface area (Å²) in [4.78, 5) is 29.5. The highest BCUT2D eigenvalue weighted by Gasteiger charge is 2.53. The summed E-state index contributed by atoms with van der Waals surface area (Å²) >= 11 is 5.94. The third kappa shape index (κ3) is 3.75. The zero-order chi connectivity index (χ0) is 21.8. The van der Waals surface area contributed by atoms with Gasteiger partial charge in [-0.1, -0.05) is 11.6 Å². The van der Waals surface area contributed by atoms with Crippen LogP contribution < -0.4 is 10.9 Å². The Morgan fingerprint density at radius 1 is 1.19 bits per heavy atom. The Morgan fingerprint density at radius 3 is 2.35 bits per heavy atom. The highest BCUT2D eigenvalue weighted by Crippen LogP contribution is 2.61. The second kappa shape index (κ2) is 7.66. The van der Waals surface area contributed by atoms with Crippen molar-refractivity contribution in [2.45, 2.75) is 58.4 Å². The van der Waals surface area contributed by atoms with Gasteiger partial charge in [0.1, 0.15) is 0 Å². The lowest BCUT2D eigenvalue weighted by Crippen LogP contribution is -2.55. The number of aryl methyl sites for hydroxylation is 1. The molecule has 164 valence electrons. The van der Waals surface area contributed by atoms with E-state index < -0.39 is 0 Å². The fourth-order valence-electron chi connectivity index (χ4n) is 6.69. The zero-order valence-corrected chi connectivity index (χ0v) is 18.8. The molecule has 0 saturated heterocycles. The molecule has 2 aromatic rings. The molecule has 1 aromatic heterocycles. The molecule has 6 nitrogen and oxygen atoms in total. The largest absolute Gasteiger partial charge is 0.341 e.